The second-order valence-electron chi connectivity index (χ2n) is 3.82. The van der Waals surface area contributed by atoms with Crippen molar-refractivity contribution in [1.29, 1.82) is 0 Å². The van der Waals surface area contributed by atoms with Gasteiger partial charge in [0.15, 0.2) is 0 Å². The van der Waals surface area contributed by atoms with Crippen LogP contribution in [0, 0.1) is 0 Å². The molecule has 1 aromatic heterocycles. The van der Waals surface area contributed by atoms with E-state index in [0.29, 0.717) is 26.1 Å². The summed E-state index contributed by atoms with van der Waals surface area (Å²) >= 11 is 10.3. The summed E-state index contributed by atoms with van der Waals surface area (Å²) < 4.78 is 27.0. The van der Waals surface area contributed by atoms with Gasteiger partial charge in [0.25, 0.3) is 10.0 Å². The molecule has 1 aliphatic rings. The molecule has 4 nitrogen and oxygen atoms in total. The Hall–Kier alpha value is 0.340. The summed E-state index contributed by atoms with van der Waals surface area (Å²) in [6.07, 6.45) is 0.843. The van der Waals surface area contributed by atoms with Gasteiger partial charge in [-0.15, -0.1) is 11.3 Å². The highest BCUT2D eigenvalue weighted by Gasteiger charge is 2.33. The molecule has 0 aromatic carbocycles. The summed E-state index contributed by atoms with van der Waals surface area (Å²) in [5, 5.41) is 3.54. The molecule has 17 heavy (non-hydrogen) atoms. The van der Waals surface area contributed by atoms with Gasteiger partial charge in [-0.05, 0) is 35.5 Å². The van der Waals surface area contributed by atoms with Crippen LogP contribution in [-0.4, -0.2) is 38.9 Å². The van der Waals surface area contributed by atoms with Crippen LogP contribution < -0.4 is 5.32 Å². The molecular weight excluding hydrogens is 348 g/mol. The number of thiophene rings is 1. The SMILES string of the molecule is CNC1CCN(S(=O)(=O)c2cc(Cl)c(Br)s2)C1. The molecule has 1 saturated heterocycles. The lowest BCUT2D eigenvalue weighted by Gasteiger charge is -2.14. The van der Waals surface area contributed by atoms with Crippen molar-refractivity contribution in [2.24, 2.45) is 0 Å². The van der Waals surface area contributed by atoms with Crippen molar-refractivity contribution in [3.63, 3.8) is 0 Å². The Bertz CT molecular complexity index is 498. The van der Waals surface area contributed by atoms with Crippen LogP contribution in [0.3, 0.4) is 0 Å². The van der Waals surface area contributed by atoms with Crippen molar-refractivity contribution in [2.75, 3.05) is 20.1 Å². The Kier molecular flexibility index (Phi) is 4.16. The maximum atomic E-state index is 12.3. The van der Waals surface area contributed by atoms with E-state index in [2.05, 4.69) is 21.2 Å². The van der Waals surface area contributed by atoms with Crippen molar-refractivity contribution in [1.82, 2.24) is 9.62 Å². The maximum Gasteiger partial charge on any atom is 0.252 e. The largest absolute Gasteiger partial charge is 0.316 e. The first-order chi connectivity index (χ1) is 7.95. The third-order valence-electron chi connectivity index (χ3n) is 2.78. The van der Waals surface area contributed by atoms with E-state index >= 15 is 0 Å². The fourth-order valence-corrected chi connectivity index (χ4v) is 5.82. The lowest BCUT2D eigenvalue weighted by molar-refractivity contribution is 0.466. The lowest BCUT2D eigenvalue weighted by atomic mass is 10.3. The van der Waals surface area contributed by atoms with E-state index in [1.54, 1.807) is 0 Å². The minimum absolute atomic E-state index is 0.239. The molecule has 2 heterocycles. The summed E-state index contributed by atoms with van der Waals surface area (Å²) in [5.41, 5.74) is 0. The van der Waals surface area contributed by atoms with Crippen LogP contribution in [0.5, 0.6) is 0 Å². The number of nitrogens with one attached hydrogen (secondary N) is 1. The summed E-state index contributed by atoms with van der Waals surface area (Å²) in [6, 6.07) is 1.74. The van der Waals surface area contributed by atoms with Crippen LogP contribution in [0.15, 0.2) is 14.1 Å². The first-order valence-corrected chi connectivity index (χ1v) is 8.50. The summed E-state index contributed by atoms with van der Waals surface area (Å²) in [5.74, 6) is 0. The molecule has 1 fully saturated rings. The van der Waals surface area contributed by atoms with E-state index < -0.39 is 10.0 Å². The van der Waals surface area contributed by atoms with E-state index in [0.717, 1.165) is 17.8 Å². The molecule has 1 unspecified atom stereocenters. The first kappa shape index (κ1) is 13.8. The normalized spacial score (nSPS) is 22.2. The van der Waals surface area contributed by atoms with E-state index in [1.165, 1.54) is 10.4 Å². The molecule has 1 aromatic rings. The molecule has 1 N–H and O–H groups in total. The average molecular weight is 360 g/mol. The minimum Gasteiger partial charge on any atom is -0.316 e. The molecule has 0 spiro atoms. The summed E-state index contributed by atoms with van der Waals surface area (Å²) in [6.45, 7) is 1.08. The Morgan fingerprint density at radius 1 is 1.65 bits per heavy atom. The van der Waals surface area contributed by atoms with Crippen molar-refractivity contribution in [2.45, 2.75) is 16.7 Å². The van der Waals surface area contributed by atoms with E-state index in [1.807, 2.05) is 7.05 Å². The maximum absolute atomic E-state index is 12.3. The number of hydrogen-bond acceptors (Lipinski definition) is 4. The molecule has 2 rings (SSSR count). The quantitative estimate of drug-likeness (QED) is 0.899. The zero-order valence-corrected chi connectivity index (χ0v) is 13.1. The van der Waals surface area contributed by atoms with E-state index in [9.17, 15) is 8.42 Å². The van der Waals surface area contributed by atoms with Crippen LogP contribution in [0.2, 0.25) is 5.02 Å². The van der Waals surface area contributed by atoms with Gasteiger partial charge in [0, 0.05) is 19.1 Å². The predicted octanol–water partition coefficient (Wildman–Crippen LogP) is 2.15. The third-order valence-corrected chi connectivity index (χ3v) is 7.56. The zero-order valence-electron chi connectivity index (χ0n) is 9.11. The van der Waals surface area contributed by atoms with Gasteiger partial charge in [-0.25, -0.2) is 8.42 Å². The highest BCUT2D eigenvalue weighted by atomic mass is 79.9. The number of sulfonamides is 1. The van der Waals surface area contributed by atoms with Gasteiger partial charge in [0.1, 0.15) is 4.21 Å². The number of hydrogen-bond donors (Lipinski definition) is 1. The van der Waals surface area contributed by atoms with Crippen molar-refractivity contribution in [3.05, 3.63) is 14.9 Å². The Morgan fingerprint density at radius 2 is 2.35 bits per heavy atom. The molecule has 1 aliphatic heterocycles. The van der Waals surface area contributed by atoms with Gasteiger partial charge in [0.05, 0.1) is 8.81 Å². The zero-order chi connectivity index (χ0) is 12.6. The molecule has 0 radical (unpaired) electrons. The Morgan fingerprint density at radius 3 is 2.82 bits per heavy atom. The van der Waals surface area contributed by atoms with Gasteiger partial charge in [-0.3, -0.25) is 0 Å². The molecule has 8 heteroatoms. The van der Waals surface area contributed by atoms with Crippen LogP contribution in [-0.2, 0) is 10.0 Å². The first-order valence-electron chi connectivity index (χ1n) is 5.07. The molecule has 0 aliphatic carbocycles. The average Bonchev–Trinajstić information content (AvgIpc) is 2.87. The topological polar surface area (TPSA) is 49.4 Å². The van der Waals surface area contributed by atoms with Crippen LogP contribution >= 0.6 is 38.9 Å². The van der Waals surface area contributed by atoms with Gasteiger partial charge < -0.3 is 5.32 Å². The Balaban J connectivity index is 2.25. The van der Waals surface area contributed by atoms with Gasteiger partial charge in [-0.2, -0.15) is 4.31 Å². The predicted molar refractivity (Wildman–Crippen MR) is 73.3 cm³/mol. The van der Waals surface area contributed by atoms with E-state index in [4.69, 9.17) is 11.6 Å². The van der Waals surface area contributed by atoms with Crippen LogP contribution in [0.4, 0.5) is 0 Å². The smallest absolute Gasteiger partial charge is 0.252 e. The third kappa shape index (κ3) is 2.69. The molecule has 96 valence electrons. The fourth-order valence-electron chi connectivity index (χ4n) is 1.76. The van der Waals surface area contributed by atoms with Crippen LogP contribution in [0.25, 0.3) is 0 Å². The van der Waals surface area contributed by atoms with Crippen molar-refractivity contribution >= 4 is 48.9 Å². The molecule has 0 bridgehead atoms. The highest BCUT2D eigenvalue weighted by molar-refractivity contribution is 9.11. The number of halogens is 2. The lowest BCUT2D eigenvalue weighted by Crippen LogP contribution is -2.33. The fraction of sp³-hybridized carbons (Fsp3) is 0.556. The van der Waals surface area contributed by atoms with Crippen molar-refractivity contribution < 1.29 is 8.42 Å². The molecule has 0 amide bonds. The van der Waals surface area contributed by atoms with Crippen molar-refractivity contribution in [3.8, 4) is 0 Å². The molecule has 1 atom stereocenters. The van der Waals surface area contributed by atoms with Gasteiger partial charge >= 0.3 is 0 Å². The highest BCUT2D eigenvalue weighted by Crippen LogP contribution is 2.36. The summed E-state index contributed by atoms with van der Waals surface area (Å²) in [7, 11) is -1.54. The number of rotatable bonds is 3. The molecule has 0 saturated carbocycles. The Labute approximate surface area is 118 Å². The van der Waals surface area contributed by atoms with Gasteiger partial charge in [0.2, 0.25) is 0 Å². The standard InChI is InChI=1S/C9H12BrClN2O2S2/c1-12-6-2-3-13(5-6)17(14,15)8-4-7(11)9(10)16-8/h4,6,12H,2-3,5H2,1H3. The number of likely N-dealkylation sites (N-methyl/N-ethyl adjacent to an activating group) is 1. The number of nitrogens with zero attached hydrogens (tertiary/aromatic N) is 1. The second kappa shape index (κ2) is 5.14. The second-order valence-corrected chi connectivity index (χ2v) is 8.77. The minimum atomic E-state index is -3.39. The summed E-state index contributed by atoms with van der Waals surface area (Å²) in [4.78, 5) is 0. The van der Waals surface area contributed by atoms with E-state index in [-0.39, 0.29) is 6.04 Å². The van der Waals surface area contributed by atoms with Crippen LogP contribution in [0.1, 0.15) is 6.42 Å². The van der Waals surface area contributed by atoms with Gasteiger partial charge in [-0.1, -0.05) is 11.6 Å². The monoisotopic (exact) mass is 358 g/mol. The molecular formula is C9H12BrClN2O2S2.